The van der Waals surface area contributed by atoms with E-state index in [0.29, 0.717) is 16.4 Å². The van der Waals surface area contributed by atoms with Crippen LogP contribution in [0.5, 0.6) is 0 Å². The zero-order valence-corrected chi connectivity index (χ0v) is 11.7. The third-order valence-corrected chi connectivity index (χ3v) is 3.21. The number of benzene rings is 1. The summed E-state index contributed by atoms with van der Waals surface area (Å²) in [6.45, 7) is 2.01. The normalized spacial score (nSPS) is 10.7. The first kappa shape index (κ1) is 12.7. The minimum atomic E-state index is 0.593. The third kappa shape index (κ3) is 2.38. The first-order valence-electron chi connectivity index (χ1n) is 6.17. The number of nitrogens with zero attached hydrogens (tertiary/aromatic N) is 3. The molecule has 0 radical (unpaired) electrons. The highest BCUT2D eigenvalue weighted by Crippen LogP contribution is 2.27. The summed E-state index contributed by atoms with van der Waals surface area (Å²) in [4.78, 5) is 4.29. The Morgan fingerprint density at radius 3 is 2.80 bits per heavy atom. The molecular weight excluding hydrogens is 272 g/mol. The Labute approximate surface area is 121 Å². The summed E-state index contributed by atoms with van der Waals surface area (Å²) in [6, 6.07) is 11.4. The first-order valence-corrected chi connectivity index (χ1v) is 6.55. The molecule has 0 saturated carbocycles. The molecular formula is C15H13ClN4. The average Bonchev–Trinajstić information content (AvgIpc) is 2.81. The summed E-state index contributed by atoms with van der Waals surface area (Å²) in [5.41, 5.74) is 9.35. The fourth-order valence-corrected chi connectivity index (χ4v) is 2.20. The maximum absolute atomic E-state index is 6.04. The molecule has 0 bridgehead atoms. The van der Waals surface area contributed by atoms with Gasteiger partial charge in [-0.3, -0.25) is 0 Å². The molecule has 100 valence electrons. The molecule has 0 unspecified atom stereocenters. The number of nitrogen functional groups attached to an aromatic ring is 1. The Hall–Kier alpha value is -2.33. The van der Waals surface area contributed by atoms with Crippen LogP contribution in [0.1, 0.15) is 5.56 Å². The lowest BCUT2D eigenvalue weighted by Gasteiger charge is -2.01. The van der Waals surface area contributed by atoms with E-state index in [-0.39, 0.29) is 0 Å². The van der Waals surface area contributed by atoms with Gasteiger partial charge >= 0.3 is 0 Å². The van der Waals surface area contributed by atoms with Crippen molar-refractivity contribution in [2.45, 2.75) is 6.92 Å². The van der Waals surface area contributed by atoms with E-state index in [1.807, 2.05) is 43.3 Å². The van der Waals surface area contributed by atoms with Crippen molar-refractivity contribution >= 4 is 17.3 Å². The zero-order valence-electron chi connectivity index (χ0n) is 10.9. The van der Waals surface area contributed by atoms with Gasteiger partial charge in [0.25, 0.3) is 0 Å². The van der Waals surface area contributed by atoms with Crippen molar-refractivity contribution in [3.8, 4) is 17.1 Å². The number of nitrogens with two attached hydrogens (primary N) is 1. The lowest BCUT2D eigenvalue weighted by molar-refractivity contribution is 0.848. The molecule has 3 rings (SSSR count). The molecule has 1 aromatic carbocycles. The SMILES string of the molecule is Cc1ccnc(-n2cc(N)c(-c3cccc(Cl)c3)n2)c1. The first-order chi connectivity index (χ1) is 9.63. The predicted octanol–water partition coefficient (Wildman–Crippen LogP) is 3.48. The molecule has 0 fully saturated rings. The monoisotopic (exact) mass is 284 g/mol. The number of pyridine rings is 1. The van der Waals surface area contributed by atoms with Crippen molar-refractivity contribution in [3.63, 3.8) is 0 Å². The maximum atomic E-state index is 6.04. The van der Waals surface area contributed by atoms with E-state index >= 15 is 0 Å². The highest BCUT2D eigenvalue weighted by Gasteiger charge is 2.10. The van der Waals surface area contributed by atoms with Crippen LogP contribution in [0.2, 0.25) is 5.02 Å². The Kier molecular flexibility index (Phi) is 3.16. The number of anilines is 1. The second-order valence-electron chi connectivity index (χ2n) is 4.58. The fraction of sp³-hybridized carbons (Fsp3) is 0.0667. The van der Waals surface area contributed by atoms with E-state index < -0.39 is 0 Å². The van der Waals surface area contributed by atoms with Gasteiger partial charge in [-0.15, -0.1) is 0 Å². The molecule has 0 atom stereocenters. The molecule has 0 aliphatic rings. The molecule has 0 saturated heterocycles. The largest absolute Gasteiger partial charge is 0.396 e. The van der Waals surface area contributed by atoms with Crippen molar-refractivity contribution in [2.75, 3.05) is 5.73 Å². The van der Waals surface area contributed by atoms with Crippen molar-refractivity contribution in [1.82, 2.24) is 14.8 Å². The van der Waals surface area contributed by atoms with Gasteiger partial charge in [0.2, 0.25) is 0 Å². The molecule has 0 amide bonds. The van der Waals surface area contributed by atoms with Crippen molar-refractivity contribution in [2.24, 2.45) is 0 Å². The zero-order chi connectivity index (χ0) is 14.1. The van der Waals surface area contributed by atoms with Crippen LogP contribution in [0, 0.1) is 6.92 Å². The molecule has 4 nitrogen and oxygen atoms in total. The minimum absolute atomic E-state index is 0.593. The molecule has 0 aliphatic carbocycles. The number of halogens is 1. The van der Waals surface area contributed by atoms with Crippen LogP contribution in [0.15, 0.2) is 48.8 Å². The highest BCUT2D eigenvalue weighted by molar-refractivity contribution is 6.30. The summed E-state index contributed by atoms with van der Waals surface area (Å²) in [5, 5.41) is 5.16. The Balaban J connectivity index is 2.08. The number of aromatic nitrogens is 3. The van der Waals surface area contributed by atoms with Gasteiger partial charge in [-0.2, -0.15) is 5.10 Å². The average molecular weight is 285 g/mol. The summed E-state index contributed by atoms with van der Waals surface area (Å²) in [6.07, 6.45) is 3.51. The second-order valence-corrected chi connectivity index (χ2v) is 5.02. The van der Waals surface area contributed by atoms with E-state index in [1.165, 1.54) is 0 Å². The molecule has 0 aliphatic heterocycles. The third-order valence-electron chi connectivity index (χ3n) is 2.98. The van der Waals surface area contributed by atoms with Crippen molar-refractivity contribution in [3.05, 3.63) is 59.4 Å². The van der Waals surface area contributed by atoms with Crippen LogP contribution in [0.25, 0.3) is 17.1 Å². The molecule has 20 heavy (non-hydrogen) atoms. The van der Waals surface area contributed by atoms with Crippen LogP contribution in [0.4, 0.5) is 5.69 Å². The molecule has 5 heteroatoms. The standard InChI is InChI=1S/C15H13ClN4/c1-10-5-6-18-14(7-10)20-9-13(17)15(19-20)11-3-2-4-12(16)8-11/h2-9H,17H2,1H3. The van der Waals surface area contributed by atoms with E-state index in [4.69, 9.17) is 17.3 Å². The molecule has 2 heterocycles. The molecule has 2 aromatic heterocycles. The van der Waals surface area contributed by atoms with Crippen LogP contribution in [-0.2, 0) is 0 Å². The Bertz CT molecular complexity index is 764. The van der Waals surface area contributed by atoms with Gasteiger partial charge in [-0.1, -0.05) is 23.7 Å². The molecule has 3 aromatic rings. The molecule has 2 N–H and O–H groups in total. The quantitative estimate of drug-likeness (QED) is 0.784. The Morgan fingerprint density at radius 2 is 2.05 bits per heavy atom. The van der Waals surface area contributed by atoms with Gasteiger partial charge in [0.15, 0.2) is 5.82 Å². The minimum Gasteiger partial charge on any atom is -0.396 e. The van der Waals surface area contributed by atoms with Gasteiger partial charge in [-0.05, 0) is 36.8 Å². The van der Waals surface area contributed by atoms with Gasteiger partial charge in [0.1, 0.15) is 5.69 Å². The smallest absolute Gasteiger partial charge is 0.153 e. The van der Waals surface area contributed by atoms with Gasteiger partial charge < -0.3 is 5.73 Å². The highest BCUT2D eigenvalue weighted by atomic mass is 35.5. The van der Waals surface area contributed by atoms with Crippen LogP contribution in [0.3, 0.4) is 0 Å². The maximum Gasteiger partial charge on any atom is 0.153 e. The summed E-state index contributed by atoms with van der Waals surface area (Å²) >= 11 is 6.00. The van der Waals surface area contributed by atoms with Crippen LogP contribution in [-0.4, -0.2) is 14.8 Å². The predicted molar refractivity (Wildman–Crippen MR) is 81.0 cm³/mol. The van der Waals surface area contributed by atoms with E-state index in [2.05, 4.69) is 10.1 Å². The summed E-state index contributed by atoms with van der Waals surface area (Å²) in [7, 11) is 0. The second kappa shape index (κ2) is 4.98. The Morgan fingerprint density at radius 1 is 1.20 bits per heavy atom. The van der Waals surface area contributed by atoms with E-state index in [9.17, 15) is 0 Å². The number of rotatable bonds is 2. The van der Waals surface area contributed by atoms with Crippen LogP contribution >= 0.6 is 11.6 Å². The number of aryl methyl sites for hydroxylation is 1. The molecule has 0 spiro atoms. The van der Waals surface area contributed by atoms with Gasteiger partial charge in [0.05, 0.1) is 11.9 Å². The topological polar surface area (TPSA) is 56.7 Å². The van der Waals surface area contributed by atoms with Gasteiger partial charge in [0, 0.05) is 16.8 Å². The van der Waals surface area contributed by atoms with Crippen molar-refractivity contribution in [1.29, 1.82) is 0 Å². The summed E-state index contributed by atoms with van der Waals surface area (Å²) in [5.74, 6) is 0.741. The number of hydrogen-bond donors (Lipinski definition) is 1. The van der Waals surface area contributed by atoms with Crippen LogP contribution < -0.4 is 5.73 Å². The number of hydrogen-bond acceptors (Lipinski definition) is 3. The lowest BCUT2D eigenvalue weighted by Crippen LogP contribution is -1.98. The van der Waals surface area contributed by atoms with Gasteiger partial charge in [-0.25, -0.2) is 9.67 Å². The van der Waals surface area contributed by atoms with E-state index in [1.54, 1.807) is 17.1 Å². The van der Waals surface area contributed by atoms with Crippen molar-refractivity contribution < 1.29 is 0 Å². The summed E-state index contributed by atoms with van der Waals surface area (Å²) < 4.78 is 1.68. The lowest BCUT2D eigenvalue weighted by atomic mass is 10.1. The fourth-order valence-electron chi connectivity index (χ4n) is 2.01. The van der Waals surface area contributed by atoms with E-state index in [0.717, 1.165) is 16.9 Å².